The van der Waals surface area contributed by atoms with Crippen LogP contribution >= 0.6 is 0 Å². The van der Waals surface area contributed by atoms with Crippen LogP contribution in [0, 0.1) is 19.8 Å². The number of carbonyl (C=O) groups is 2. The maximum atomic E-state index is 13.9. The third-order valence-electron chi connectivity index (χ3n) is 7.16. The third kappa shape index (κ3) is 5.74. The zero-order valence-corrected chi connectivity index (χ0v) is 22.6. The quantitative estimate of drug-likeness (QED) is 0.514. The second-order valence-corrected chi connectivity index (χ2v) is 10.0. The van der Waals surface area contributed by atoms with Crippen molar-refractivity contribution in [1.82, 2.24) is 15.0 Å². The minimum absolute atomic E-state index is 0.139. The number of nitrogens with one attached hydrogen (secondary N) is 1. The van der Waals surface area contributed by atoms with Gasteiger partial charge in [0.05, 0.1) is 25.4 Å². The number of aliphatic hydroxyl groups excluding tert-OH is 1. The van der Waals surface area contributed by atoms with Gasteiger partial charge in [0, 0.05) is 31.6 Å². The zero-order valence-electron chi connectivity index (χ0n) is 22.6. The molecule has 0 unspecified atom stereocenters. The Kier molecular flexibility index (Phi) is 8.48. The molecule has 0 saturated heterocycles. The number of likely N-dealkylation sites (N-methyl/N-ethyl adjacent to an activating group) is 1. The van der Waals surface area contributed by atoms with Gasteiger partial charge < -0.3 is 29.5 Å². The molecule has 38 heavy (non-hydrogen) atoms. The number of fused-ring (bicyclic) bond motifs is 3. The lowest BCUT2D eigenvalue weighted by Gasteiger charge is -2.35. The molecule has 0 spiro atoms. The SMILES string of the molecule is Cc1noc(C)c1NC(=O)N(C)C[C@H]1OCc2ccccc2-c2ccccc2C(=O)N([C@@H](C)CO)C[C@@H]1C. The van der Waals surface area contributed by atoms with E-state index in [1.165, 1.54) is 0 Å². The molecule has 0 bridgehead atoms. The second kappa shape index (κ2) is 11.8. The van der Waals surface area contributed by atoms with Crippen LogP contribution in [0.1, 0.15) is 41.2 Å². The molecule has 0 radical (unpaired) electrons. The van der Waals surface area contributed by atoms with Crippen molar-refractivity contribution in [2.45, 2.75) is 46.4 Å². The van der Waals surface area contributed by atoms with Crippen molar-refractivity contribution in [3.8, 4) is 11.1 Å². The lowest BCUT2D eigenvalue weighted by molar-refractivity contribution is -0.0178. The number of hydrogen-bond acceptors (Lipinski definition) is 6. The summed E-state index contributed by atoms with van der Waals surface area (Å²) >= 11 is 0. The van der Waals surface area contributed by atoms with Crippen molar-refractivity contribution in [3.63, 3.8) is 0 Å². The third-order valence-corrected chi connectivity index (χ3v) is 7.16. The first-order valence-corrected chi connectivity index (χ1v) is 12.9. The molecular weight excluding hydrogens is 484 g/mol. The van der Waals surface area contributed by atoms with E-state index in [0.29, 0.717) is 42.4 Å². The number of ether oxygens (including phenoxy) is 1. The molecule has 1 aliphatic rings. The Hall–Kier alpha value is -3.69. The van der Waals surface area contributed by atoms with Crippen LogP contribution < -0.4 is 5.32 Å². The van der Waals surface area contributed by atoms with Gasteiger partial charge in [-0.05, 0) is 43.5 Å². The van der Waals surface area contributed by atoms with E-state index in [9.17, 15) is 14.7 Å². The molecular formula is C29H36N4O5. The summed E-state index contributed by atoms with van der Waals surface area (Å²) in [5.74, 6) is 0.251. The average Bonchev–Trinajstić information content (AvgIpc) is 3.24. The number of carbonyl (C=O) groups excluding carboxylic acids is 2. The summed E-state index contributed by atoms with van der Waals surface area (Å²) < 4.78 is 11.6. The fourth-order valence-electron chi connectivity index (χ4n) is 4.77. The minimum Gasteiger partial charge on any atom is -0.394 e. The van der Waals surface area contributed by atoms with Crippen molar-refractivity contribution in [3.05, 3.63) is 71.1 Å². The molecule has 0 saturated carbocycles. The Morgan fingerprint density at radius 2 is 1.82 bits per heavy atom. The summed E-state index contributed by atoms with van der Waals surface area (Å²) in [5, 5.41) is 16.8. The number of nitrogens with zero attached hydrogens (tertiary/aromatic N) is 3. The van der Waals surface area contributed by atoms with Crippen LogP contribution in [-0.2, 0) is 11.3 Å². The summed E-state index contributed by atoms with van der Waals surface area (Å²) in [6.45, 7) is 8.16. The number of anilines is 1. The van der Waals surface area contributed by atoms with Gasteiger partial charge in [-0.3, -0.25) is 4.79 Å². The number of benzene rings is 2. The van der Waals surface area contributed by atoms with E-state index in [-0.39, 0.29) is 30.6 Å². The fourth-order valence-corrected chi connectivity index (χ4v) is 4.77. The molecule has 0 fully saturated rings. The van der Waals surface area contributed by atoms with E-state index >= 15 is 0 Å². The maximum Gasteiger partial charge on any atom is 0.321 e. The van der Waals surface area contributed by atoms with E-state index in [4.69, 9.17) is 9.26 Å². The normalized spacial score (nSPS) is 18.7. The first-order valence-electron chi connectivity index (χ1n) is 12.9. The number of aryl methyl sites for hydroxylation is 2. The van der Waals surface area contributed by atoms with E-state index in [0.717, 1.165) is 16.7 Å². The number of amides is 3. The highest BCUT2D eigenvalue weighted by atomic mass is 16.5. The zero-order chi connectivity index (χ0) is 27.4. The topological polar surface area (TPSA) is 108 Å². The van der Waals surface area contributed by atoms with Crippen LogP contribution in [0.3, 0.4) is 0 Å². The molecule has 0 aliphatic carbocycles. The summed E-state index contributed by atoms with van der Waals surface area (Å²) in [4.78, 5) is 30.2. The Balaban J connectivity index is 1.66. The van der Waals surface area contributed by atoms with Gasteiger partial charge in [0.2, 0.25) is 0 Å². The highest BCUT2D eigenvalue weighted by molar-refractivity contribution is 6.01. The number of aromatic nitrogens is 1. The maximum absolute atomic E-state index is 13.9. The van der Waals surface area contributed by atoms with Gasteiger partial charge >= 0.3 is 6.03 Å². The molecule has 2 N–H and O–H groups in total. The highest BCUT2D eigenvalue weighted by Crippen LogP contribution is 2.31. The monoisotopic (exact) mass is 520 g/mol. The fraction of sp³-hybridized carbons (Fsp3) is 0.414. The molecule has 1 aliphatic heterocycles. The van der Waals surface area contributed by atoms with Crippen LogP contribution in [-0.4, -0.2) is 70.9 Å². The van der Waals surface area contributed by atoms with Crippen molar-refractivity contribution >= 4 is 17.6 Å². The molecule has 3 atom stereocenters. The predicted octanol–water partition coefficient (Wildman–Crippen LogP) is 4.48. The van der Waals surface area contributed by atoms with Gasteiger partial charge in [0.15, 0.2) is 5.76 Å². The van der Waals surface area contributed by atoms with Gasteiger partial charge in [-0.2, -0.15) is 0 Å². The molecule has 2 aromatic carbocycles. The molecule has 9 heteroatoms. The number of rotatable bonds is 5. The Morgan fingerprint density at radius 1 is 1.16 bits per heavy atom. The molecule has 1 aromatic heterocycles. The first-order chi connectivity index (χ1) is 18.2. The molecule has 202 valence electrons. The molecule has 9 nitrogen and oxygen atoms in total. The first kappa shape index (κ1) is 27.3. The van der Waals surface area contributed by atoms with Crippen molar-refractivity contribution in [2.75, 3.05) is 32.1 Å². The number of hydrogen-bond donors (Lipinski definition) is 2. The molecule has 3 amide bonds. The van der Waals surface area contributed by atoms with Crippen molar-refractivity contribution in [2.24, 2.45) is 5.92 Å². The van der Waals surface area contributed by atoms with Crippen LogP contribution in [0.5, 0.6) is 0 Å². The van der Waals surface area contributed by atoms with Crippen molar-refractivity contribution < 1.29 is 24.0 Å². The van der Waals surface area contributed by atoms with Gasteiger partial charge in [0.25, 0.3) is 5.91 Å². The van der Waals surface area contributed by atoms with Crippen LogP contribution in [0.2, 0.25) is 0 Å². The van der Waals surface area contributed by atoms with Gasteiger partial charge in [-0.1, -0.05) is 54.5 Å². The van der Waals surface area contributed by atoms with Crippen LogP contribution in [0.15, 0.2) is 53.1 Å². The van der Waals surface area contributed by atoms with E-state index in [1.807, 2.05) is 62.4 Å². The molecule has 2 heterocycles. The standard InChI is InChI=1S/C29H36N4O5/c1-18-14-33(19(2)16-34)28(35)25-13-9-8-12-24(25)23-11-7-6-10-22(23)17-37-26(18)15-32(5)29(36)30-27-20(3)31-38-21(27)4/h6-13,18-19,26,34H,14-17H2,1-5H3,(H,30,36)/t18-,19-,26+/m0/s1. The average molecular weight is 521 g/mol. The van der Waals surface area contributed by atoms with Crippen LogP contribution in [0.4, 0.5) is 10.5 Å². The Morgan fingerprint density at radius 3 is 2.47 bits per heavy atom. The lowest BCUT2D eigenvalue weighted by atomic mass is 9.94. The van der Waals surface area contributed by atoms with E-state index in [1.54, 1.807) is 30.7 Å². The highest BCUT2D eigenvalue weighted by Gasteiger charge is 2.31. The lowest BCUT2D eigenvalue weighted by Crippen LogP contribution is -2.48. The summed E-state index contributed by atoms with van der Waals surface area (Å²) in [6, 6.07) is 14.7. The van der Waals surface area contributed by atoms with Crippen LogP contribution in [0.25, 0.3) is 11.1 Å². The van der Waals surface area contributed by atoms with Gasteiger partial charge in [-0.15, -0.1) is 0 Å². The van der Waals surface area contributed by atoms with Crippen molar-refractivity contribution in [1.29, 1.82) is 0 Å². The van der Waals surface area contributed by atoms with E-state index in [2.05, 4.69) is 10.5 Å². The Labute approximate surface area is 223 Å². The minimum atomic E-state index is -0.393. The summed E-state index contributed by atoms with van der Waals surface area (Å²) in [6.07, 6.45) is -0.383. The van der Waals surface area contributed by atoms with E-state index < -0.39 is 6.04 Å². The Bertz CT molecular complexity index is 1270. The molecule has 4 rings (SSSR count). The summed E-state index contributed by atoms with van der Waals surface area (Å²) in [7, 11) is 1.71. The second-order valence-electron chi connectivity index (χ2n) is 10.0. The number of aliphatic hydroxyl groups is 1. The number of urea groups is 1. The summed E-state index contributed by atoms with van der Waals surface area (Å²) in [5.41, 5.74) is 4.45. The smallest absolute Gasteiger partial charge is 0.321 e. The molecule has 3 aromatic rings. The predicted molar refractivity (Wildman–Crippen MR) is 145 cm³/mol. The van der Waals surface area contributed by atoms with Gasteiger partial charge in [0.1, 0.15) is 11.4 Å². The van der Waals surface area contributed by atoms with Gasteiger partial charge in [-0.25, -0.2) is 4.79 Å². The largest absolute Gasteiger partial charge is 0.394 e.